The molecule has 0 aliphatic carbocycles. The maximum Gasteiger partial charge on any atom is 0.307 e. The van der Waals surface area contributed by atoms with Gasteiger partial charge in [-0.2, -0.15) is 0 Å². The van der Waals surface area contributed by atoms with Crippen LogP contribution < -0.4 is 0 Å². The third-order valence-corrected chi connectivity index (χ3v) is 2.64. The fraction of sp³-hybridized carbons (Fsp3) is 0.786. The van der Waals surface area contributed by atoms with Gasteiger partial charge in [0, 0.05) is 5.33 Å². The van der Waals surface area contributed by atoms with E-state index in [-0.39, 0.29) is 12.4 Å². The van der Waals surface area contributed by atoms with E-state index < -0.39 is 0 Å². The third-order valence-electron chi connectivity index (χ3n) is 2.26. The molecule has 0 bridgehead atoms. The summed E-state index contributed by atoms with van der Waals surface area (Å²) in [5, 5.41) is 0.844. The lowest BCUT2D eigenvalue weighted by Crippen LogP contribution is -2.13. The molecule has 0 fully saturated rings. The van der Waals surface area contributed by atoms with Crippen LogP contribution in [0.1, 0.15) is 6.42 Å². The van der Waals surface area contributed by atoms with Gasteiger partial charge in [-0.3, -0.25) is 4.79 Å². The molecule has 6 nitrogen and oxygen atoms in total. The maximum atomic E-state index is 10.8. The molecule has 0 rings (SSSR count). The summed E-state index contributed by atoms with van der Waals surface area (Å²) >= 11 is 3.29. The minimum absolute atomic E-state index is 0.268. The highest BCUT2D eigenvalue weighted by molar-refractivity contribution is 9.09. The number of alkyl halides is 1. The summed E-state index contributed by atoms with van der Waals surface area (Å²) in [6, 6.07) is 0. The predicted octanol–water partition coefficient (Wildman–Crippen LogP) is 1.57. The molecular formula is C14H25BrO6. The minimum atomic E-state index is -0.269. The second-order valence-corrected chi connectivity index (χ2v) is 4.51. The van der Waals surface area contributed by atoms with E-state index in [0.717, 1.165) is 5.33 Å². The lowest BCUT2D eigenvalue weighted by Gasteiger charge is -2.06. The molecule has 21 heavy (non-hydrogen) atoms. The van der Waals surface area contributed by atoms with Crippen LogP contribution >= 0.6 is 15.9 Å². The fourth-order valence-corrected chi connectivity index (χ4v) is 1.46. The maximum absolute atomic E-state index is 10.8. The van der Waals surface area contributed by atoms with Crippen molar-refractivity contribution in [2.45, 2.75) is 6.42 Å². The first-order valence-electron chi connectivity index (χ1n) is 6.90. The van der Waals surface area contributed by atoms with Crippen LogP contribution in [0.4, 0.5) is 0 Å². The van der Waals surface area contributed by atoms with Crippen LogP contribution in [0.15, 0.2) is 12.2 Å². The number of ether oxygens (including phenoxy) is 5. The average molecular weight is 369 g/mol. The van der Waals surface area contributed by atoms with Crippen molar-refractivity contribution in [3.8, 4) is 0 Å². The van der Waals surface area contributed by atoms with Crippen LogP contribution in [0.2, 0.25) is 0 Å². The van der Waals surface area contributed by atoms with Gasteiger partial charge in [0.1, 0.15) is 0 Å². The van der Waals surface area contributed by atoms with Crippen molar-refractivity contribution in [1.82, 2.24) is 0 Å². The predicted molar refractivity (Wildman–Crippen MR) is 82.8 cm³/mol. The highest BCUT2D eigenvalue weighted by atomic mass is 79.9. The molecule has 0 aliphatic heterocycles. The lowest BCUT2D eigenvalue weighted by molar-refractivity contribution is -0.141. The number of rotatable bonds is 15. The summed E-state index contributed by atoms with van der Waals surface area (Å²) in [6.07, 6.45) is 4.21. The Morgan fingerprint density at radius 2 is 1.38 bits per heavy atom. The van der Waals surface area contributed by atoms with Crippen molar-refractivity contribution in [2.24, 2.45) is 0 Å². The number of carbonyl (C=O) groups is 1. The second-order valence-electron chi connectivity index (χ2n) is 3.86. The van der Waals surface area contributed by atoms with Crippen LogP contribution in [0.3, 0.4) is 0 Å². The average Bonchev–Trinajstić information content (AvgIpc) is 2.50. The van der Waals surface area contributed by atoms with E-state index in [1.165, 1.54) is 7.11 Å². The van der Waals surface area contributed by atoms with E-state index >= 15 is 0 Å². The molecule has 124 valence electrons. The van der Waals surface area contributed by atoms with Crippen LogP contribution in [0.5, 0.6) is 0 Å². The van der Waals surface area contributed by atoms with Crippen molar-refractivity contribution in [2.75, 3.05) is 65.3 Å². The van der Waals surface area contributed by atoms with Gasteiger partial charge in [-0.25, -0.2) is 0 Å². The Labute approximate surface area is 134 Å². The van der Waals surface area contributed by atoms with E-state index in [9.17, 15) is 4.79 Å². The zero-order valence-corrected chi connectivity index (χ0v) is 14.1. The molecule has 0 saturated heterocycles. The molecule has 0 aromatic rings. The summed E-state index contributed by atoms with van der Waals surface area (Å²) < 4.78 is 25.6. The SMILES string of the molecule is COC(=O)CCOCCOCCOCCOCC=CCBr. The zero-order chi connectivity index (χ0) is 15.6. The number of carbonyl (C=O) groups excluding carboxylic acids is 1. The van der Waals surface area contributed by atoms with Gasteiger partial charge in [0.2, 0.25) is 0 Å². The molecule has 0 atom stereocenters. The van der Waals surface area contributed by atoms with Crippen LogP contribution in [0, 0.1) is 0 Å². The molecule has 0 radical (unpaired) electrons. The summed E-state index contributed by atoms with van der Waals surface area (Å²) in [7, 11) is 1.36. The van der Waals surface area contributed by atoms with E-state index in [4.69, 9.17) is 18.9 Å². The van der Waals surface area contributed by atoms with E-state index in [0.29, 0.717) is 52.9 Å². The van der Waals surface area contributed by atoms with Crippen LogP contribution in [-0.2, 0) is 28.5 Å². The molecule has 0 saturated carbocycles. The number of halogens is 1. The Kier molecular flexibility index (Phi) is 17.2. The first kappa shape index (κ1) is 20.5. The first-order valence-corrected chi connectivity index (χ1v) is 8.02. The molecule has 0 spiro atoms. The van der Waals surface area contributed by atoms with Gasteiger partial charge in [0.25, 0.3) is 0 Å². The molecular weight excluding hydrogens is 344 g/mol. The Balaban J connectivity index is 3.02. The Morgan fingerprint density at radius 1 is 0.857 bits per heavy atom. The van der Waals surface area contributed by atoms with Crippen molar-refractivity contribution < 1.29 is 28.5 Å². The van der Waals surface area contributed by atoms with Gasteiger partial charge in [0.05, 0.1) is 66.4 Å². The minimum Gasteiger partial charge on any atom is -0.469 e. The van der Waals surface area contributed by atoms with Gasteiger partial charge in [-0.15, -0.1) is 0 Å². The Hall–Kier alpha value is -0.470. The van der Waals surface area contributed by atoms with Gasteiger partial charge in [0.15, 0.2) is 0 Å². The normalized spacial score (nSPS) is 11.1. The summed E-state index contributed by atoms with van der Waals surface area (Å²) in [5.41, 5.74) is 0. The molecule has 7 heteroatoms. The number of hydrogen-bond donors (Lipinski definition) is 0. The third kappa shape index (κ3) is 17.5. The number of allylic oxidation sites excluding steroid dienone is 1. The number of hydrogen-bond acceptors (Lipinski definition) is 6. The summed E-state index contributed by atoms with van der Waals surface area (Å²) in [4.78, 5) is 10.8. The smallest absolute Gasteiger partial charge is 0.307 e. The van der Waals surface area contributed by atoms with Gasteiger partial charge < -0.3 is 23.7 Å². The van der Waals surface area contributed by atoms with Gasteiger partial charge in [-0.1, -0.05) is 28.1 Å². The van der Waals surface area contributed by atoms with Crippen LogP contribution in [0.25, 0.3) is 0 Å². The van der Waals surface area contributed by atoms with E-state index in [1.807, 2.05) is 12.2 Å². The lowest BCUT2D eigenvalue weighted by atomic mass is 10.5. The quantitative estimate of drug-likeness (QED) is 0.189. The Morgan fingerprint density at radius 3 is 1.90 bits per heavy atom. The van der Waals surface area contributed by atoms with Gasteiger partial charge >= 0.3 is 5.97 Å². The second kappa shape index (κ2) is 17.6. The molecule has 0 amide bonds. The molecule has 0 aliphatic rings. The highest BCUT2D eigenvalue weighted by Gasteiger charge is 1.98. The van der Waals surface area contributed by atoms with Crippen molar-refractivity contribution in [3.05, 3.63) is 12.2 Å². The summed E-state index contributed by atoms with van der Waals surface area (Å²) in [6.45, 7) is 4.08. The zero-order valence-electron chi connectivity index (χ0n) is 12.6. The summed E-state index contributed by atoms with van der Waals surface area (Å²) in [5.74, 6) is -0.269. The molecule has 0 heterocycles. The van der Waals surface area contributed by atoms with Crippen molar-refractivity contribution in [1.29, 1.82) is 0 Å². The topological polar surface area (TPSA) is 63.2 Å². The Bertz CT molecular complexity index is 260. The standard InChI is InChI=1S/C14H25BrO6/c1-17-14(16)4-7-19-9-11-21-13-12-20-10-8-18-6-3-2-5-15/h2-3H,4-13H2,1H3. The molecule has 0 unspecified atom stereocenters. The van der Waals surface area contributed by atoms with E-state index in [2.05, 4.69) is 20.7 Å². The molecule has 0 aromatic heterocycles. The van der Waals surface area contributed by atoms with E-state index in [1.54, 1.807) is 0 Å². The van der Waals surface area contributed by atoms with Crippen LogP contribution in [-0.4, -0.2) is 71.3 Å². The number of methoxy groups -OCH3 is 1. The fourth-order valence-electron chi connectivity index (χ4n) is 1.20. The van der Waals surface area contributed by atoms with Crippen molar-refractivity contribution in [3.63, 3.8) is 0 Å². The molecule has 0 N–H and O–H groups in total. The first-order chi connectivity index (χ1) is 10.3. The highest BCUT2D eigenvalue weighted by Crippen LogP contribution is 1.87. The van der Waals surface area contributed by atoms with Gasteiger partial charge in [-0.05, 0) is 0 Å². The molecule has 0 aromatic carbocycles. The number of esters is 1. The van der Waals surface area contributed by atoms with Crippen molar-refractivity contribution >= 4 is 21.9 Å². The monoisotopic (exact) mass is 368 g/mol. The largest absolute Gasteiger partial charge is 0.469 e.